The quantitative estimate of drug-likeness (QED) is 0.671. The third-order valence-electron chi connectivity index (χ3n) is 1.28. The lowest BCUT2D eigenvalue weighted by atomic mass is 10.1. The Labute approximate surface area is 68.7 Å². The van der Waals surface area contributed by atoms with Gasteiger partial charge in [0.05, 0.1) is 0 Å². The monoisotopic (exact) mass is 197 g/mol. The van der Waals surface area contributed by atoms with Crippen molar-refractivity contribution >= 4 is 21.6 Å². The van der Waals surface area contributed by atoms with Crippen molar-refractivity contribution in [2.45, 2.75) is 6.92 Å². The summed E-state index contributed by atoms with van der Waals surface area (Å²) in [7, 11) is 0. The topological polar surface area (TPSA) is 23.9 Å². The summed E-state index contributed by atoms with van der Waals surface area (Å²) in [5, 5.41) is 7.29. The number of rotatable bonds is 1. The molecule has 1 aromatic rings. The van der Waals surface area contributed by atoms with Crippen LogP contribution < -0.4 is 0 Å². The first-order chi connectivity index (χ1) is 4.70. The van der Waals surface area contributed by atoms with E-state index < -0.39 is 0 Å². The zero-order valence-corrected chi connectivity index (χ0v) is 7.27. The van der Waals surface area contributed by atoms with Gasteiger partial charge in [0.1, 0.15) is 0 Å². The van der Waals surface area contributed by atoms with Crippen LogP contribution in [0.25, 0.3) is 0 Å². The minimum atomic E-state index is 0.604. The summed E-state index contributed by atoms with van der Waals surface area (Å²) in [6.45, 7) is 1.78. The van der Waals surface area contributed by atoms with Crippen LogP contribution in [-0.2, 0) is 0 Å². The molecule has 0 unspecified atom stereocenters. The Balaban J connectivity index is 3.00. The summed E-state index contributed by atoms with van der Waals surface area (Å²) < 4.78 is 1.05. The molecule has 0 aliphatic rings. The van der Waals surface area contributed by atoms with Gasteiger partial charge in [-0.05, 0) is 24.6 Å². The van der Waals surface area contributed by atoms with E-state index in [1.807, 2.05) is 24.3 Å². The molecular formula is C8H8BrN. The molecule has 0 atom stereocenters. The van der Waals surface area contributed by atoms with Crippen LogP contribution >= 0.6 is 15.9 Å². The molecule has 1 aromatic carbocycles. The minimum Gasteiger partial charge on any atom is -0.305 e. The molecule has 0 amide bonds. The largest absolute Gasteiger partial charge is 0.305 e. The van der Waals surface area contributed by atoms with Crippen molar-refractivity contribution < 1.29 is 0 Å². The molecule has 0 bridgehead atoms. The van der Waals surface area contributed by atoms with Gasteiger partial charge in [-0.25, -0.2) is 0 Å². The second kappa shape index (κ2) is 2.97. The average Bonchev–Trinajstić information content (AvgIpc) is 1.88. The molecule has 2 heteroatoms. The fourth-order valence-electron chi connectivity index (χ4n) is 0.700. The van der Waals surface area contributed by atoms with E-state index in [1.165, 1.54) is 0 Å². The highest BCUT2D eigenvalue weighted by Gasteiger charge is 1.92. The van der Waals surface area contributed by atoms with E-state index in [9.17, 15) is 0 Å². The lowest BCUT2D eigenvalue weighted by molar-refractivity contribution is 1.45. The highest BCUT2D eigenvalue weighted by atomic mass is 79.9. The highest BCUT2D eigenvalue weighted by Crippen LogP contribution is 2.10. The molecule has 0 saturated heterocycles. The Morgan fingerprint density at radius 1 is 1.30 bits per heavy atom. The van der Waals surface area contributed by atoms with Crippen LogP contribution in [0.4, 0.5) is 0 Å². The number of hydrogen-bond donors (Lipinski definition) is 1. The standard InChI is InChI=1S/C8H8BrN/c1-6(10)7-2-4-8(9)5-3-7/h2-5,10H,1H3. The maximum Gasteiger partial charge on any atom is 0.0355 e. The van der Waals surface area contributed by atoms with Crippen LogP contribution in [0, 0.1) is 5.41 Å². The van der Waals surface area contributed by atoms with Gasteiger partial charge in [0.15, 0.2) is 0 Å². The van der Waals surface area contributed by atoms with Crippen LogP contribution in [-0.4, -0.2) is 5.71 Å². The summed E-state index contributed by atoms with van der Waals surface area (Å²) in [6, 6.07) is 7.72. The van der Waals surface area contributed by atoms with E-state index in [-0.39, 0.29) is 0 Å². The molecule has 0 spiro atoms. The first-order valence-corrected chi connectivity index (χ1v) is 3.80. The van der Waals surface area contributed by atoms with E-state index >= 15 is 0 Å². The first-order valence-electron chi connectivity index (χ1n) is 3.01. The molecule has 0 saturated carbocycles. The Morgan fingerprint density at radius 3 is 2.20 bits per heavy atom. The van der Waals surface area contributed by atoms with Crippen LogP contribution in [0.3, 0.4) is 0 Å². The molecular weight excluding hydrogens is 190 g/mol. The normalized spacial score (nSPS) is 9.40. The van der Waals surface area contributed by atoms with E-state index in [0.29, 0.717) is 5.71 Å². The Kier molecular flexibility index (Phi) is 2.22. The maximum absolute atomic E-state index is 7.29. The van der Waals surface area contributed by atoms with Gasteiger partial charge in [0, 0.05) is 10.2 Å². The maximum atomic E-state index is 7.29. The molecule has 10 heavy (non-hydrogen) atoms. The highest BCUT2D eigenvalue weighted by molar-refractivity contribution is 9.10. The summed E-state index contributed by atoms with van der Waals surface area (Å²) in [6.07, 6.45) is 0. The predicted molar refractivity (Wildman–Crippen MR) is 46.6 cm³/mol. The Hall–Kier alpha value is -0.630. The third-order valence-corrected chi connectivity index (χ3v) is 1.81. The summed E-state index contributed by atoms with van der Waals surface area (Å²) in [5.74, 6) is 0. The van der Waals surface area contributed by atoms with Gasteiger partial charge in [-0.1, -0.05) is 28.1 Å². The van der Waals surface area contributed by atoms with Gasteiger partial charge >= 0.3 is 0 Å². The summed E-state index contributed by atoms with van der Waals surface area (Å²) in [4.78, 5) is 0. The van der Waals surface area contributed by atoms with Crippen LogP contribution in [0.2, 0.25) is 0 Å². The van der Waals surface area contributed by atoms with E-state index in [1.54, 1.807) is 6.92 Å². The second-order valence-electron chi connectivity index (χ2n) is 2.13. The van der Waals surface area contributed by atoms with Crippen molar-refractivity contribution in [2.75, 3.05) is 0 Å². The van der Waals surface area contributed by atoms with Crippen LogP contribution in [0.15, 0.2) is 28.7 Å². The summed E-state index contributed by atoms with van der Waals surface area (Å²) in [5.41, 5.74) is 1.58. The molecule has 1 rings (SSSR count). The van der Waals surface area contributed by atoms with Gasteiger partial charge in [-0.3, -0.25) is 0 Å². The van der Waals surface area contributed by atoms with E-state index in [2.05, 4.69) is 15.9 Å². The molecule has 0 heterocycles. The van der Waals surface area contributed by atoms with Gasteiger partial charge in [-0.2, -0.15) is 0 Å². The van der Waals surface area contributed by atoms with Gasteiger partial charge < -0.3 is 5.41 Å². The molecule has 0 aliphatic heterocycles. The number of nitrogens with one attached hydrogen (secondary N) is 1. The molecule has 0 fully saturated rings. The van der Waals surface area contributed by atoms with Crippen LogP contribution in [0.1, 0.15) is 12.5 Å². The van der Waals surface area contributed by atoms with Crippen molar-refractivity contribution in [1.82, 2.24) is 0 Å². The predicted octanol–water partition coefficient (Wildman–Crippen LogP) is 2.84. The van der Waals surface area contributed by atoms with Gasteiger partial charge in [-0.15, -0.1) is 0 Å². The van der Waals surface area contributed by atoms with Gasteiger partial charge in [0.2, 0.25) is 0 Å². The van der Waals surface area contributed by atoms with Crippen molar-refractivity contribution in [3.05, 3.63) is 34.3 Å². The Morgan fingerprint density at radius 2 is 1.80 bits per heavy atom. The van der Waals surface area contributed by atoms with Gasteiger partial charge in [0.25, 0.3) is 0 Å². The van der Waals surface area contributed by atoms with Crippen molar-refractivity contribution in [3.63, 3.8) is 0 Å². The molecule has 0 aromatic heterocycles. The fourth-order valence-corrected chi connectivity index (χ4v) is 0.964. The average molecular weight is 198 g/mol. The molecule has 52 valence electrons. The third kappa shape index (κ3) is 1.67. The number of benzene rings is 1. The molecule has 1 nitrogen and oxygen atoms in total. The lowest BCUT2D eigenvalue weighted by Gasteiger charge is -1.95. The minimum absolute atomic E-state index is 0.604. The van der Waals surface area contributed by atoms with E-state index in [0.717, 1.165) is 10.0 Å². The fraction of sp³-hybridized carbons (Fsp3) is 0.125. The Bertz CT molecular complexity index is 238. The smallest absolute Gasteiger partial charge is 0.0355 e. The van der Waals surface area contributed by atoms with Crippen molar-refractivity contribution in [1.29, 1.82) is 5.41 Å². The number of hydrogen-bond acceptors (Lipinski definition) is 1. The zero-order valence-electron chi connectivity index (χ0n) is 5.69. The van der Waals surface area contributed by atoms with Crippen molar-refractivity contribution in [2.24, 2.45) is 0 Å². The first kappa shape index (κ1) is 7.48. The summed E-state index contributed by atoms with van der Waals surface area (Å²) >= 11 is 3.32. The molecule has 0 aliphatic carbocycles. The van der Waals surface area contributed by atoms with Crippen molar-refractivity contribution in [3.8, 4) is 0 Å². The lowest BCUT2D eigenvalue weighted by Crippen LogP contribution is -1.89. The molecule has 1 N–H and O–H groups in total. The second-order valence-corrected chi connectivity index (χ2v) is 3.05. The zero-order chi connectivity index (χ0) is 7.56. The van der Waals surface area contributed by atoms with E-state index in [4.69, 9.17) is 5.41 Å². The molecule has 0 radical (unpaired) electrons. The number of halogens is 1. The van der Waals surface area contributed by atoms with Crippen LogP contribution in [0.5, 0.6) is 0 Å². The SMILES string of the molecule is CC(=N)c1ccc(Br)cc1.